The molecule has 0 aromatic carbocycles. The van der Waals surface area contributed by atoms with Gasteiger partial charge in [-0.3, -0.25) is 0 Å². The fourth-order valence-corrected chi connectivity index (χ4v) is 1.81. The summed E-state index contributed by atoms with van der Waals surface area (Å²) in [5.41, 5.74) is 0. The Labute approximate surface area is 102 Å². The van der Waals surface area contributed by atoms with E-state index in [4.69, 9.17) is 0 Å². The summed E-state index contributed by atoms with van der Waals surface area (Å²) < 4.78 is 0. The highest BCUT2D eigenvalue weighted by Gasteiger charge is 2.17. The highest BCUT2D eigenvalue weighted by atomic mass is 15.1. The van der Waals surface area contributed by atoms with Crippen LogP contribution < -0.4 is 16.0 Å². The Hall–Kier alpha value is -1.36. The molecular formula is C12H21N5. The zero-order valence-electron chi connectivity index (χ0n) is 10.6. The highest BCUT2D eigenvalue weighted by Crippen LogP contribution is 2.23. The number of likely N-dealkylation sites (N-methyl/N-ethyl adjacent to an activating group) is 1. The minimum Gasteiger partial charge on any atom is -0.369 e. The summed E-state index contributed by atoms with van der Waals surface area (Å²) in [7, 11) is 1.94. The average Bonchev–Trinajstić information content (AvgIpc) is 2.23. The average molecular weight is 235 g/mol. The summed E-state index contributed by atoms with van der Waals surface area (Å²) in [6.07, 6.45) is 3.84. The van der Waals surface area contributed by atoms with Gasteiger partial charge in [0, 0.05) is 25.2 Å². The highest BCUT2D eigenvalue weighted by molar-refractivity contribution is 5.48. The molecule has 0 saturated heterocycles. The first-order valence-corrected chi connectivity index (χ1v) is 6.28. The second-order valence-electron chi connectivity index (χ2n) is 4.49. The lowest BCUT2D eigenvalue weighted by Crippen LogP contribution is -2.27. The summed E-state index contributed by atoms with van der Waals surface area (Å²) in [5.74, 6) is 2.64. The maximum atomic E-state index is 4.41. The SMILES string of the molecule is CNCCNc1cc(NC2CCC2)nc(C)n1. The molecule has 0 radical (unpaired) electrons. The summed E-state index contributed by atoms with van der Waals surface area (Å²) in [6, 6.07) is 2.59. The van der Waals surface area contributed by atoms with Gasteiger partial charge in [0.2, 0.25) is 0 Å². The zero-order chi connectivity index (χ0) is 12.1. The van der Waals surface area contributed by atoms with Crippen molar-refractivity contribution in [1.29, 1.82) is 0 Å². The van der Waals surface area contributed by atoms with Crippen molar-refractivity contribution in [2.75, 3.05) is 30.8 Å². The molecule has 0 bridgehead atoms. The maximum absolute atomic E-state index is 4.41. The Morgan fingerprint density at radius 3 is 2.65 bits per heavy atom. The van der Waals surface area contributed by atoms with E-state index in [2.05, 4.69) is 25.9 Å². The summed E-state index contributed by atoms with van der Waals surface area (Å²) in [6.45, 7) is 3.72. The van der Waals surface area contributed by atoms with Gasteiger partial charge in [-0.1, -0.05) is 0 Å². The smallest absolute Gasteiger partial charge is 0.132 e. The van der Waals surface area contributed by atoms with Crippen LogP contribution in [0.4, 0.5) is 11.6 Å². The van der Waals surface area contributed by atoms with Crippen LogP contribution in [0.5, 0.6) is 0 Å². The number of nitrogens with one attached hydrogen (secondary N) is 3. The van der Waals surface area contributed by atoms with E-state index in [1.54, 1.807) is 0 Å². The van der Waals surface area contributed by atoms with Crippen LogP contribution in [0.15, 0.2) is 6.07 Å². The van der Waals surface area contributed by atoms with Crippen molar-refractivity contribution in [3.63, 3.8) is 0 Å². The van der Waals surface area contributed by atoms with Crippen molar-refractivity contribution in [1.82, 2.24) is 15.3 Å². The van der Waals surface area contributed by atoms with Gasteiger partial charge in [0.25, 0.3) is 0 Å². The summed E-state index contributed by atoms with van der Waals surface area (Å²) in [4.78, 5) is 8.77. The molecule has 1 saturated carbocycles. The van der Waals surface area contributed by atoms with Crippen LogP contribution in [0, 0.1) is 6.92 Å². The van der Waals surface area contributed by atoms with Crippen molar-refractivity contribution in [3.8, 4) is 0 Å². The molecule has 0 amide bonds. The topological polar surface area (TPSA) is 61.9 Å². The lowest BCUT2D eigenvalue weighted by Gasteiger charge is -2.27. The van der Waals surface area contributed by atoms with Gasteiger partial charge >= 0.3 is 0 Å². The fourth-order valence-electron chi connectivity index (χ4n) is 1.81. The number of aromatic nitrogens is 2. The maximum Gasteiger partial charge on any atom is 0.132 e. The first-order valence-electron chi connectivity index (χ1n) is 6.28. The van der Waals surface area contributed by atoms with Gasteiger partial charge in [-0.2, -0.15) is 0 Å². The molecule has 3 N–H and O–H groups in total. The van der Waals surface area contributed by atoms with E-state index < -0.39 is 0 Å². The third kappa shape index (κ3) is 3.56. The Morgan fingerprint density at radius 1 is 1.24 bits per heavy atom. The molecule has 1 aromatic rings. The van der Waals surface area contributed by atoms with E-state index in [1.165, 1.54) is 19.3 Å². The molecule has 17 heavy (non-hydrogen) atoms. The molecule has 1 heterocycles. The molecule has 2 rings (SSSR count). The number of hydrogen-bond acceptors (Lipinski definition) is 5. The second kappa shape index (κ2) is 5.82. The largest absolute Gasteiger partial charge is 0.369 e. The minimum absolute atomic E-state index is 0.606. The van der Waals surface area contributed by atoms with E-state index >= 15 is 0 Å². The van der Waals surface area contributed by atoms with Crippen molar-refractivity contribution >= 4 is 11.6 Å². The molecule has 0 atom stereocenters. The molecule has 0 spiro atoms. The third-order valence-electron chi connectivity index (χ3n) is 2.98. The molecule has 1 aromatic heterocycles. The second-order valence-corrected chi connectivity index (χ2v) is 4.49. The number of rotatable bonds is 6. The van der Waals surface area contributed by atoms with Gasteiger partial charge in [0.05, 0.1) is 0 Å². The van der Waals surface area contributed by atoms with Gasteiger partial charge in [-0.05, 0) is 33.2 Å². The molecular weight excluding hydrogens is 214 g/mol. The zero-order valence-corrected chi connectivity index (χ0v) is 10.6. The molecule has 0 unspecified atom stereocenters. The van der Waals surface area contributed by atoms with Crippen molar-refractivity contribution in [2.45, 2.75) is 32.2 Å². The van der Waals surface area contributed by atoms with Gasteiger partial charge in [0.1, 0.15) is 17.5 Å². The van der Waals surface area contributed by atoms with Gasteiger partial charge in [-0.15, -0.1) is 0 Å². The Balaban J connectivity index is 1.95. The number of aryl methyl sites for hydroxylation is 1. The van der Waals surface area contributed by atoms with Crippen LogP contribution in [0.1, 0.15) is 25.1 Å². The van der Waals surface area contributed by atoms with E-state index in [0.717, 1.165) is 30.5 Å². The molecule has 1 aliphatic carbocycles. The van der Waals surface area contributed by atoms with Crippen LogP contribution in [-0.2, 0) is 0 Å². The summed E-state index contributed by atoms with van der Waals surface area (Å²) in [5, 5.41) is 9.82. The fraction of sp³-hybridized carbons (Fsp3) is 0.667. The molecule has 5 nitrogen and oxygen atoms in total. The van der Waals surface area contributed by atoms with Crippen molar-refractivity contribution < 1.29 is 0 Å². The Morgan fingerprint density at radius 2 is 2.00 bits per heavy atom. The monoisotopic (exact) mass is 235 g/mol. The summed E-state index contributed by atoms with van der Waals surface area (Å²) >= 11 is 0. The number of anilines is 2. The standard InChI is InChI=1S/C12H21N5/c1-9-15-11(14-7-6-13-2)8-12(16-9)17-10-4-3-5-10/h8,10,13H,3-7H2,1-2H3,(H2,14,15,16,17). The van der Waals surface area contributed by atoms with Crippen LogP contribution in [-0.4, -0.2) is 36.1 Å². The predicted octanol–water partition coefficient (Wildman–Crippen LogP) is 1.38. The van der Waals surface area contributed by atoms with Gasteiger partial charge < -0.3 is 16.0 Å². The van der Waals surface area contributed by atoms with E-state index in [9.17, 15) is 0 Å². The molecule has 1 aliphatic rings. The van der Waals surface area contributed by atoms with E-state index in [1.807, 2.05) is 20.0 Å². The minimum atomic E-state index is 0.606. The van der Waals surface area contributed by atoms with Crippen LogP contribution >= 0.6 is 0 Å². The lowest BCUT2D eigenvalue weighted by molar-refractivity contribution is 0.444. The predicted molar refractivity (Wildman–Crippen MR) is 70.4 cm³/mol. The molecule has 0 aliphatic heterocycles. The quantitative estimate of drug-likeness (QED) is 0.650. The van der Waals surface area contributed by atoms with Gasteiger partial charge in [-0.25, -0.2) is 9.97 Å². The Kier molecular flexibility index (Phi) is 4.14. The number of nitrogens with zero attached hydrogens (tertiary/aromatic N) is 2. The van der Waals surface area contributed by atoms with E-state index in [0.29, 0.717) is 6.04 Å². The van der Waals surface area contributed by atoms with Crippen LogP contribution in [0.25, 0.3) is 0 Å². The lowest BCUT2D eigenvalue weighted by atomic mass is 9.93. The first kappa shape index (κ1) is 12.1. The van der Waals surface area contributed by atoms with E-state index in [-0.39, 0.29) is 0 Å². The van der Waals surface area contributed by atoms with Crippen molar-refractivity contribution in [3.05, 3.63) is 11.9 Å². The third-order valence-corrected chi connectivity index (χ3v) is 2.98. The van der Waals surface area contributed by atoms with Crippen LogP contribution in [0.2, 0.25) is 0 Å². The first-order chi connectivity index (χ1) is 8.28. The number of hydrogen-bond donors (Lipinski definition) is 3. The van der Waals surface area contributed by atoms with Crippen LogP contribution in [0.3, 0.4) is 0 Å². The molecule has 1 fully saturated rings. The normalized spacial score (nSPS) is 15.4. The van der Waals surface area contributed by atoms with Crippen molar-refractivity contribution in [2.24, 2.45) is 0 Å². The Bertz CT molecular complexity index is 362. The van der Waals surface area contributed by atoms with Gasteiger partial charge in [0.15, 0.2) is 0 Å². The molecule has 5 heteroatoms. The molecule has 94 valence electrons.